The van der Waals surface area contributed by atoms with Crippen LogP contribution >= 0.6 is 11.3 Å². The quantitative estimate of drug-likeness (QED) is 0.157. The number of anilines is 3. The maximum Gasteiger partial charge on any atom is 0.145 e. The van der Waals surface area contributed by atoms with Crippen LogP contribution in [0.5, 0.6) is 0 Å². The second-order valence-corrected chi connectivity index (χ2v) is 16.3. The third kappa shape index (κ3) is 5.47. The van der Waals surface area contributed by atoms with Gasteiger partial charge in [-0.3, -0.25) is 0 Å². The number of furan rings is 1. The fourth-order valence-electron chi connectivity index (χ4n) is 9.09. The average Bonchev–Trinajstić information content (AvgIpc) is 3.90. The molecule has 10 aromatic carbocycles. The van der Waals surface area contributed by atoms with Crippen molar-refractivity contribution in [2.45, 2.75) is 0 Å². The molecule has 0 N–H and O–H groups in total. The predicted octanol–water partition coefficient (Wildman–Crippen LogP) is 16.7. The predicted molar refractivity (Wildman–Crippen MR) is 253 cm³/mol. The van der Waals surface area contributed by atoms with E-state index >= 15 is 0 Å². The summed E-state index contributed by atoms with van der Waals surface area (Å²) in [6.07, 6.45) is 0. The first-order valence-corrected chi connectivity index (χ1v) is 20.9. The molecule has 0 atom stereocenters. The molecule has 0 aliphatic carbocycles. The van der Waals surface area contributed by atoms with Crippen molar-refractivity contribution in [2.24, 2.45) is 0 Å². The lowest BCUT2D eigenvalue weighted by atomic mass is 9.96. The van der Waals surface area contributed by atoms with E-state index in [1.807, 2.05) is 11.3 Å². The van der Waals surface area contributed by atoms with Crippen LogP contribution in [0.1, 0.15) is 0 Å². The zero-order valence-corrected chi connectivity index (χ0v) is 32.8. The molecule has 0 fully saturated rings. The maximum absolute atomic E-state index is 6.93. The van der Waals surface area contributed by atoms with Crippen LogP contribution in [-0.2, 0) is 0 Å². The van der Waals surface area contributed by atoms with Gasteiger partial charge in [0.2, 0.25) is 0 Å². The molecule has 12 aromatic rings. The van der Waals surface area contributed by atoms with E-state index in [9.17, 15) is 0 Å². The number of fused-ring (bicyclic) bond motifs is 9. The minimum atomic E-state index is 0.869. The van der Waals surface area contributed by atoms with Gasteiger partial charge in [-0.1, -0.05) is 170 Å². The lowest BCUT2D eigenvalue weighted by molar-refractivity contribution is 0.670. The Morgan fingerprint density at radius 1 is 0.373 bits per heavy atom. The van der Waals surface area contributed by atoms with E-state index < -0.39 is 0 Å². The van der Waals surface area contributed by atoms with E-state index in [4.69, 9.17) is 4.42 Å². The zero-order chi connectivity index (χ0) is 38.9. The Balaban J connectivity index is 1.15. The molecule has 276 valence electrons. The van der Waals surface area contributed by atoms with Crippen LogP contribution in [0, 0.1) is 0 Å². The summed E-state index contributed by atoms with van der Waals surface area (Å²) in [5.41, 5.74) is 12.1. The third-order valence-corrected chi connectivity index (χ3v) is 13.1. The average molecular weight is 770 g/mol. The molecule has 2 heterocycles. The van der Waals surface area contributed by atoms with Gasteiger partial charge in [-0.2, -0.15) is 0 Å². The van der Waals surface area contributed by atoms with E-state index in [-0.39, 0.29) is 0 Å². The summed E-state index contributed by atoms with van der Waals surface area (Å²) in [4.78, 5) is 2.48. The van der Waals surface area contributed by atoms with E-state index in [1.54, 1.807) is 0 Å². The fourth-order valence-corrected chi connectivity index (χ4v) is 10.4. The normalized spacial score (nSPS) is 11.7. The molecule has 0 aliphatic rings. The molecule has 0 amide bonds. The SMILES string of the molecule is c1ccc(-c2ccc(-c3ccc(N(c4ccc5ccc6ccccc6c5c4)c4cccc5sc6c(-c7ccccc7)cccc6c45)c4c3oc3ccccc34)cc2)cc1. The Hall–Kier alpha value is -7.46. The van der Waals surface area contributed by atoms with Crippen LogP contribution in [0.15, 0.2) is 217 Å². The third-order valence-electron chi connectivity index (χ3n) is 11.9. The Morgan fingerprint density at radius 3 is 1.81 bits per heavy atom. The van der Waals surface area contributed by atoms with Crippen molar-refractivity contribution in [3.8, 4) is 33.4 Å². The molecule has 3 heteroatoms. The van der Waals surface area contributed by atoms with Gasteiger partial charge in [0, 0.05) is 36.8 Å². The van der Waals surface area contributed by atoms with Gasteiger partial charge in [0.15, 0.2) is 0 Å². The first kappa shape index (κ1) is 33.7. The smallest absolute Gasteiger partial charge is 0.145 e. The second-order valence-electron chi connectivity index (χ2n) is 15.2. The first-order chi connectivity index (χ1) is 29.3. The summed E-state index contributed by atoms with van der Waals surface area (Å²) in [5.74, 6) is 0. The molecule has 0 saturated heterocycles. The van der Waals surface area contributed by atoms with Gasteiger partial charge < -0.3 is 9.32 Å². The molecule has 0 saturated carbocycles. The highest BCUT2D eigenvalue weighted by atomic mass is 32.1. The standard InChI is InChI=1S/C56H35NOS/c1-3-13-36(14-4-1)37-25-27-40(28-26-37)44-33-34-50(54-46-19-9-10-23-51(46)58-55(44)54)57(42-32-31-41-30-29-39-17-7-8-18-43(39)48(41)35-42)49-22-12-24-52-53(49)47-21-11-20-45(56(47)59-52)38-15-5-2-6-16-38/h1-35H. The van der Waals surface area contributed by atoms with Gasteiger partial charge in [0.1, 0.15) is 11.2 Å². The number of nitrogens with zero attached hydrogens (tertiary/aromatic N) is 1. The maximum atomic E-state index is 6.93. The van der Waals surface area contributed by atoms with Crippen molar-refractivity contribution < 1.29 is 4.42 Å². The minimum absolute atomic E-state index is 0.869. The molecule has 0 radical (unpaired) electrons. The van der Waals surface area contributed by atoms with Gasteiger partial charge in [0.25, 0.3) is 0 Å². The summed E-state index contributed by atoms with van der Waals surface area (Å²) in [7, 11) is 0. The highest BCUT2D eigenvalue weighted by Gasteiger charge is 2.25. The van der Waals surface area contributed by atoms with E-state index in [0.29, 0.717) is 0 Å². The van der Waals surface area contributed by atoms with Crippen LogP contribution in [0.4, 0.5) is 17.1 Å². The van der Waals surface area contributed by atoms with E-state index in [0.717, 1.165) is 50.1 Å². The van der Waals surface area contributed by atoms with E-state index in [2.05, 4.69) is 217 Å². The second kappa shape index (κ2) is 13.6. The molecule has 0 aliphatic heterocycles. The number of hydrogen-bond donors (Lipinski definition) is 0. The summed E-state index contributed by atoms with van der Waals surface area (Å²) in [6, 6.07) is 76.8. The molecule has 12 rings (SSSR count). The van der Waals surface area contributed by atoms with Crippen molar-refractivity contribution in [3.05, 3.63) is 212 Å². The number of hydrogen-bond acceptors (Lipinski definition) is 3. The van der Waals surface area contributed by atoms with Crippen molar-refractivity contribution in [1.29, 1.82) is 0 Å². The van der Waals surface area contributed by atoms with Gasteiger partial charge >= 0.3 is 0 Å². The van der Waals surface area contributed by atoms with Crippen molar-refractivity contribution >= 4 is 92.1 Å². The monoisotopic (exact) mass is 769 g/mol. The lowest BCUT2D eigenvalue weighted by Gasteiger charge is -2.28. The van der Waals surface area contributed by atoms with Crippen LogP contribution in [-0.4, -0.2) is 0 Å². The summed E-state index contributed by atoms with van der Waals surface area (Å²) >= 11 is 1.87. The van der Waals surface area contributed by atoms with Crippen LogP contribution < -0.4 is 4.90 Å². The molecule has 0 bridgehead atoms. The lowest BCUT2D eigenvalue weighted by Crippen LogP contribution is -2.11. The Kier molecular flexibility index (Phi) is 7.75. The largest absolute Gasteiger partial charge is 0.455 e. The molecule has 59 heavy (non-hydrogen) atoms. The fraction of sp³-hybridized carbons (Fsp3) is 0. The molecular weight excluding hydrogens is 735 g/mol. The zero-order valence-electron chi connectivity index (χ0n) is 32.0. The topological polar surface area (TPSA) is 16.4 Å². The summed E-state index contributed by atoms with van der Waals surface area (Å²) in [6.45, 7) is 0. The van der Waals surface area contributed by atoms with Gasteiger partial charge in [-0.05, 0) is 91.8 Å². The minimum Gasteiger partial charge on any atom is -0.455 e. The molecular formula is C56H35NOS. The van der Waals surface area contributed by atoms with Crippen molar-refractivity contribution in [3.63, 3.8) is 0 Å². The van der Waals surface area contributed by atoms with Gasteiger partial charge in [0.05, 0.1) is 16.8 Å². The van der Waals surface area contributed by atoms with Crippen molar-refractivity contribution in [2.75, 3.05) is 4.90 Å². The van der Waals surface area contributed by atoms with Crippen LogP contribution in [0.3, 0.4) is 0 Å². The number of benzene rings is 10. The highest BCUT2D eigenvalue weighted by Crippen LogP contribution is 2.51. The molecule has 2 aromatic heterocycles. The summed E-state index contributed by atoms with van der Waals surface area (Å²) < 4.78 is 9.47. The van der Waals surface area contributed by atoms with Crippen molar-refractivity contribution in [1.82, 2.24) is 0 Å². The Morgan fingerprint density at radius 2 is 0.983 bits per heavy atom. The highest BCUT2D eigenvalue weighted by molar-refractivity contribution is 7.26. The molecule has 0 spiro atoms. The van der Waals surface area contributed by atoms with Gasteiger partial charge in [-0.25, -0.2) is 0 Å². The van der Waals surface area contributed by atoms with Gasteiger partial charge in [-0.15, -0.1) is 11.3 Å². The summed E-state index contributed by atoms with van der Waals surface area (Å²) in [5, 5.41) is 9.58. The van der Waals surface area contributed by atoms with E-state index in [1.165, 1.54) is 64.0 Å². The Bertz CT molecular complexity index is 3550. The first-order valence-electron chi connectivity index (χ1n) is 20.1. The number of para-hydroxylation sites is 1. The number of thiophene rings is 1. The van der Waals surface area contributed by atoms with Crippen LogP contribution in [0.2, 0.25) is 0 Å². The number of rotatable bonds is 6. The molecule has 0 unspecified atom stereocenters. The Labute approximate surface area is 345 Å². The van der Waals surface area contributed by atoms with Crippen LogP contribution in [0.25, 0.3) is 97.0 Å². The molecule has 2 nitrogen and oxygen atoms in total.